The van der Waals surface area contributed by atoms with Crippen molar-refractivity contribution >= 4 is 16.8 Å². The van der Waals surface area contributed by atoms with E-state index in [9.17, 15) is 9.28 Å². The molecule has 4 rings (SSSR count). The van der Waals surface area contributed by atoms with Crippen molar-refractivity contribution < 1.29 is 9.28 Å². The lowest BCUT2D eigenvalue weighted by Gasteiger charge is -2.26. The van der Waals surface area contributed by atoms with Gasteiger partial charge in [-0.2, -0.15) is 5.10 Å². The van der Waals surface area contributed by atoms with Crippen LogP contribution in [0.4, 0.5) is 4.48 Å². The zero-order valence-electron chi connectivity index (χ0n) is 13.7. The van der Waals surface area contributed by atoms with Gasteiger partial charge in [0, 0.05) is 24.7 Å². The fourth-order valence-corrected chi connectivity index (χ4v) is 3.48. The summed E-state index contributed by atoms with van der Waals surface area (Å²) < 4.78 is 15.2. The molecule has 0 bridgehead atoms. The molecule has 1 fully saturated rings. The smallest absolute Gasteiger partial charge is 0.250 e. The number of fused-ring (bicyclic) bond motifs is 1. The molecule has 0 unspecified atom stereocenters. The molecule has 2 heterocycles. The minimum atomic E-state index is -0.487. The largest absolute Gasteiger partial charge is 0.366 e. The van der Waals surface area contributed by atoms with E-state index >= 15 is 0 Å². The summed E-state index contributed by atoms with van der Waals surface area (Å²) in [5.74, 6) is -0.259. The topological polar surface area (TPSA) is 64.2 Å². The number of primary amides is 1. The van der Waals surface area contributed by atoms with Gasteiger partial charge in [0.25, 0.3) is 5.91 Å². The summed E-state index contributed by atoms with van der Waals surface area (Å²) in [5, 5.41) is 6.26. The fraction of sp³-hybridized carbons (Fsp3) is 0.263. The third kappa shape index (κ3) is 3.00. The molecule has 2 aromatic carbocycles. The Labute approximate surface area is 144 Å². The van der Waals surface area contributed by atoms with Crippen molar-refractivity contribution in [2.24, 2.45) is 5.73 Å². The van der Waals surface area contributed by atoms with Gasteiger partial charge < -0.3 is 5.73 Å². The predicted molar refractivity (Wildman–Crippen MR) is 94.2 cm³/mol. The molecule has 0 aliphatic carbocycles. The molecular formula is C19H19FN4O. The SMILES string of the molecule is NC(=O)c1cccc2cn(-c3ccc([C@@H]4CCCN(F)C4)cc3)nc12. The lowest BCUT2D eigenvalue weighted by molar-refractivity contribution is -0.00223. The second-order valence-corrected chi connectivity index (χ2v) is 6.48. The van der Waals surface area contributed by atoms with Crippen LogP contribution >= 0.6 is 0 Å². The number of rotatable bonds is 3. The van der Waals surface area contributed by atoms with Crippen LogP contribution in [0.5, 0.6) is 0 Å². The van der Waals surface area contributed by atoms with Crippen molar-refractivity contribution in [2.75, 3.05) is 13.1 Å². The summed E-state index contributed by atoms with van der Waals surface area (Å²) in [6.45, 7) is 0.976. The van der Waals surface area contributed by atoms with Crippen LogP contribution in [0.25, 0.3) is 16.6 Å². The van der Waals surface area contributed by atoms with Crippen molar-refractivity contribution in [1.82, 2.24) is 14.9 Å². The number of halogens is 1. The first-order valence-electron chi connectivity index (χ1n) is 8.41. The molecule has 2 N–H and O–H groups in total. The number of hydrogen-bond acceptors (Lipinski definition) is 3. The minimum absolute atomic E-state index is 0.228. The van der Waals surface area contributed by atoms with Crippen LogP contribution in [0.3, 0.4) is 0 Å². The molecule has 6 heteroatoms. The molecule has 3 aromatic rings. The van der Waals surface area contributed by atoms with Crippen LogP contribution in [-0.4, -0.2) is 33.9 Å². The lowest BCUT2D eigenvalue weighted by Crippen LogP contribution is -2.27. The maximum absolute atomic E-state index is 13.5. The van der Waals surface area contributed by atoms with Crippen LogP contribution < -0.4 is 5.73 Å². The van der Waals surface area contributed by atoms with Gasteiger partial charge in [0.2, 0.25) is 0 Å². The molecule has 5 nitrogen and oxygen atoms in total. The number of carbonyl (C=O) groups excluding carboxylic acids is 1. The normalized spacial score (nSPS) is 18.5. The van der Waals surface area contributed by atoms with E-state index in [4.69, 9.17) is 5.73 Å². The highest BCUT2D eigenvalue weighted by Crippen LogP contribution is 2.28. The Morgan fingerprint density at radius 3 is 2.72 bits per heavy atom. The quantitative estimate of drug-likeness (QED) is 0.746. The average Bonchev–Trinajstić information content (AvgIpc) is 3.06. The zero-order valence-corrected chi connectivity index (χ0v) is 13.7. The van der Waals surface area contributed by atoms with Crippen LogP contribution in [-0.2, 0) is 0 Å². The highest BCUT2D eigenvalue weighted by atomic mass is 19.2. The number of hydrogen-bond donors (Lipinski definition) is 1. The Morgan fingerprint density at radius 1 is 1.20 bits per heavy atom. The van der Waals surface area contributed by atoms with Gasteiger partial charge in [-0.15, -0.1) is 9.60 Å². The van der Waals surface area contributed by atoms with Crippen molar-refractivity contribution in [2.45, 2.75) is 18.8 Å². The summed E-state index contributed by atoms with van der Waals surface area (Å²) in [6.07, 6.45) is 3.76. The Balaban J connectivity index is 1.65. The van der Waals surface area contributed by atoms with Crippen LogP contribution in [0.15, 0.2) is 48.7 Å². The molecule has 0 radical (unpaired) electrons. The molecule has 1 atom stereocenters. The lowest BCUT2D eigenvalue weighted by atomic mass is 9.91. The van der Waals surface area contributed by atoms with Gasteiger partial charge in [0.1, 0.15) is 5.52 Å². The van der Waals surface area contributed by atoms with E-state index < -0.39 is 5.91 Å². The standard InChI is InChI=1S/C19H19FN4O/c20-23-10-2-4-14(11-23)13-6-8-16(9-7-13)24-12-15-3-1-5-17(19(21)25)18(15)22-24/h1,3,5-9,12,14H,2,4,10-11H2,(H2,21,25)/t14-/m1/s1. The number of nitrogens with two attached hydrogens (primary N) is 1. The van der Waals surface area contributed by atoms with E-state index in [1.165, 1.54) is 0 Å². The highest BCUT2D eigenvalue weighted by Gasteiger charge is 2.21. The van der Waals surface area contributed by atoms with Crippen molar-refractivity contribution in [3.05, 3.63) is 59.8 Å². The molecule has 128 valence electrons. The molecule has 1 amide bonds. The number of carbonyl (C=O) groups is 1. The van der Waals surface area contributed by atoms with Gasteiger partial charge in [-0.05, 0) is 42.5 Å². The first-order valence-corrected chi connectivity index (χ1v) is 8.41. The third-order valence-electron chi connectivity index (χ3n) is 4.80. The summed E-state index contributed by atoms with van der Waals surface area (Å²) in [5.41, 5.74) is 8.46. The maximum atomic E-state index is 13.5. The molecule has 25 heavy (non-hydrogen) atoms. The van der Waals surface area contributed by atoms with Crippen molar-refractivity contribution in [3.63, 3.8) is 0 Å². The number of nitrogens with zero attached hydrogens (tertiary/aromatic N) is 3. The summed E-state index contributed by atoms with van der Waals surface area (Å²) in [4.78, 5) is 11.5. The van der Waals surface area contributed by atoms with Crippen LogP contribution in [0.1, 0.15) is 34.7 Å². The summed E-state index contributed by atoms with van der Waals surface area (Å²) >= 11 is 0. The molecule has 0 spiro atoms. The van der Waals surface area contributed by atoms with E-state index in [0.29, 0.717) is 24.2 Å². The summed E-state index contributed by atoms with van der Waals surface area (Å²) in [7, 11) is 0. The van der Waals surface area contributed by atoms with Gasteiger partial charge in [-0.1, -0.05) is 24.3 Å². The Morgan fingerprint density at radius 2 is 2.00 bits per heavy atom. The van der Waals surface area contributed by atoms with E-state index in [0.717, 1.165) is 34.6 Å². The average molecular weight is 338 g/mol. The second kappa shape index (κ2) is 6.29. The number of aromatic nitrogens is 2. The van der Waals surface area contributed by atoms with E-state index in [1.54, 1.807) is 16.8 Å². The fourth-order valence-electron chi connectivity index (χ4n) is 3.48. The monoisotopic (exact) mass is 338 g/mol. The van der Waals surface area contributed by atoms with Crippen molar-refractivity contribution in [1.29, 1.82) is 0 Å². The number of amides is 1. The molecule has 1 aromatic heterocycles. The van der Waals surface area contributed by atoms with Gasteiger partial charge >= 0.3 is 0 Å². The molecular weight excluding hydrogens is 319 g/mol. The Kier molecular flexibility index (Phi) is 3.97. The maximum Gasteiger partial charge on any atom is 0.250 e. The van der Waals surface area contributed by atoms with Gasteiger partial charge in [-0.25, -0.2) is 4.68 Å². The van der Waals surface area contributed by atoms with Gasteiger partial charge in [0.15, 0.2) is 0 Å². The van der Waals surface area contributed by atoms with E-state index in [-0.39, 0.29) is 5.92 Å². The summed E-state index contributed by atoms with van der Waals surface area (Å²) in [6, 6.07) is 13.4. The molecule has 0 saturated carbocycles. The highest BCUT2D eigenvalue weighted by molar-refractivity contribution is 6.04. The first-order chi connectivity index (χ1) is 12.1. The number of piperidine rings is 1. The van der Waals surface area contributed by atoms with E-state index in [1.807, 2.05) is 36.5 Å². The molecule has 1 aliphatic rings. The zero-order chi connectivity index (χ0) is 17.4. The Bertz CT molecular complexity index is 919. The van der Waals surface area contributed by atoms with Crippen LogP contribution in [0, 0.1) is 0 Å². The molecule has 1 saturated heterocycles. The van der Waals surface area contributed by atoms with E-state index in [2.05, 4.69) is 5.10 Å². The third-order valence-corrected chi connectivity index (χ3v) is 4.80. The van der Waals surface area contributed by atoms with Crippen molar-refractivity contribution in [3.8, 4) is 5.69 Å². The second-order valence-electron chi connectivity index (χ2n) is 6.48. The van der Waals surface area contributed by atoms with Gasteiger partial charge in [-0.3, -0.25) is 4.79 Å². The Hall–Kier alpha value is -2.73. The van der Waals surface area contributed by atoms with Gasteiger partial charge in [0.05, 0.1) is 11.3 Å². The first kappa shape index (κ1) is 15.8. The molecule has 1 aliphatic heterocycles. The van der Waals surface area contributed by atoms with Crippen LogP contribution in [0.2, 0.25) is 0 Å². The number of benzene rings is 2. The minimum Gasteiger partial charge on any atom is -0.366 e. The predicted octanol–water partition coefficient (Wildman–Crippen LogP) is 3.19.